The first-order valence-electron chi connectivity index (χ1n) is 9.77. The molecule has 2 aliphatic heterocycles. The van der Waals surface area contributed by atoms with Gasteiger partial charge in [0.25, 0.3) is 17.4 Å². The van der Waals surface area contributed by atoms with Gasteiger partial charge in [0.1, 0.15) is 5.76 Å². The van der Waals surface area contributed by atoms with E-state index in [1.807, 2.05) is 0 Å². The lowest BCUT2D eigenvalue weighted by molar-refractivity contribution is -0.384. The number of Topliss-reactive ketones (excluding diaryl/α,β-unsaturated/α-hetero) is 1. The van der Waals surface area contributed by atoms with Crippen molar-refractivity contribution in [2.75, 3.05) is 13.2 Å². The molecule has 1 N–H and O–H groups in total. The molecule has 4 rings (SSSR count). The smallest absolute Gasteiger partial charge is 0.295 e. The number of nitro benzene ring substituents is 1. The number of benzene rings is 2. The first-order chi connectivity index (χ1) is 14.9. The van der Waals surface area contributed by atoms with Gasteiger partial charge in [-0.1, -0.05) is 23.7 Å². The Bertz CT molecular complexity index is 1080. The van der Waals surface area contributed by atoms with E-state index in [-0.39, 0.29) is 29.7 Å². The number of ketones is 1. The van der Waals surface area contributed by atoms with Crippen molar-refractivity contribution < 1.29 is 24.4 Å². The van der Waals surface area contributed by atoms with Crippen LogP contribution in [-0.2, 0) is 14.3 Å². The van der Waals surface area contributed by atoms with Crippen molar-refractivity contribution in [3.05, 3.63) is 80.4 Å². The zero-order valence-electron chi connectivity index (χ0n) is 16.4. The molecule has 2 atom stereocenters. The summed E-state index contributed by atoms with van der Waals surface area (Å²) in [5, 5.41) is 22.7. The molecular formula is C22H19ClN2O6. The molecule has 1 amide bonds. The molecule has 8 nitrogen and oxygen atoms in total. The number of ether oxygens (including phenoxy) is 1. The molecule has 2 heterocycles. The summed E-state index contributed by atoms with van der Waals surface area (Å²) < 4.78 is 5.63. The zero-order chi connectivity index (χ0) is 22.1. The summed E-state index contributed by atoms with van der Waals surface area (Å²) in [6.07, 6.45) is 1.35. The fourth-order valence-corrected chi connectivity index (χ4v) is 4.12. The predicted molar refractivity (Wildman–Crippen MR) is 113 cm³/mol. The number of rotatable bonds is 5. The number of nitro groups is 1. The van der Waals surface area contributed by atoms with Crippen molar-refractivity contribution in [2.45, 2.75) is 25.0 Å². The highest BCUT2D eigenvalue weighted by molar-refractivity contribution is 6.46. The minimum Gasteiger partial charge on any atom is -0.507 e. The van der Waals surface area contributed by atoms with Gasteiger partial charge in [0.2, 0.25) is 0 Å². The highest BCUT2D eigenvalue weighted by Gasteiger charge is 2.47. The molecule has 160 valence electrons. The average Bonchev–Trinajstić information content (AvgIpc) is 3.36. The molecule has 0 spiro atoms. The Hall–Kier alpha value is -3.23. The lowest BCUT2D eigenvalue weighted by Gasteiger charge is -2.27. The van der Waals surface area contributed by atoms with Crippen LogP contribution in [0.4, 0.5) is 5.69 Å². The van der Waals surface area contributed by atoms with Gasteiger partial charge in [0.15, 0.2) is 0 Å². The van der Waals surface area contributed by atoms with Gasteiger partial charge in [0.05, 0.1) is 22.6 Å². The molecule has 0 bridgehead atoms. The minimum atomic E-state index is -0.972. The van der Waals surface area contributed by atoms with Crippen molar-refractivity contribution >= 4 is 34.7 Å². The SMILES string of the molecule is O=C1C(=O)N(C[C@@H]2CCCO2)[C@H](c2cccc([N+](=O)[O-])c2)/C1=C(\O)c1ccc(Cl)cc1. The Kier molecular flexibility index (Phi) is 5.75. The van der Waals surface area contributed by atoms with Crippen LogP contribution in [0.25, 0.3) is 5.76 Å². The average molecular weight is 443 g/mol. The minimum absolute atomic E-state index is 0.120. The van der Waals surface area contributed by atoms with E-state index in [1.54, 1.807) is 18.2 Å². The number of aliphatic hydroxyl groups is 1. The fourth-order valence-electron chi connectivity index (χ4n) is 3.99. The van der Waals surface area contributed by atoms with Gasteiger partial charge >= 0.3 is 0 Å². The van der Waals surface area contributed by atoms with Crippen LogP contribution in [0.3, 0.4) is 0 Å². The van der Waals surface area contributed by atoms with Crippen molar-refractivity contribution in [3.8, 4) is 0 Å². The summed E-state index contributed by atoms with van der Waals surface area (Å²) in [5.41, 5.74) is 0.384. The Morgan fingerprint density at radius 1 is 1.23 bits per heavy atom. The van der Waals surface area contributed by atoms with Gasteiger partial charge in [0, 0.05) is 35.9 Å². The second-order valence-electron chi connectivity index (χ2n) is 7.45. The molecule has 9 heteroatoms. The second-order valence-corrected chi connectivity index (χ2v) is 7.88. The van der Waals surface area contributed by atoms with Crippen molar-refractivity contribution in [1.29, 1.82) is 0 Å². The lowest BCUT2D eigenvalue weighted by atomic mass is 9.95. The number of likely N-dealkylation sites (tertiary alicyclic amines) is 1. The van der Waals surface area contributed by atoms with Crippen molar-refractivity contribution in [1.82, 2.24) is 4.90 Å². The molecule has 2 aliphatic rings. The Morgan fingerprint density at radius 3 is 2.61 bits per heavy atom. The predicted octanol–water partition coefficient (Wildman–Crippen LogP) is 3.85. The highest BCUT2D eigenvalue weighted by atomic mass is 35.5. The van der Waals surface area contributed by atoms with Gasteiger partial charge in [-0.05, 0) is 42.7 Å². The molecule has 2 aromatic rings. The summed E-state index contributed by atoms with van der Waals surface area (Å²) in [4.78, 5) is 38.0. The van der Waals surface area contributed by atoms with Crippen LogP contribution in [0.5, 0.6) is 0 Å². The van der Waals surface area contributed by atoms with Gasteiger partial charge in [-0.3, -0.25) is 19.7 Å². The summed E-state index contributed by atoms with van der Waals surface area (Å²) in [7, 11) is 0. The summed E-state index contributed by atoms with van der Waals surface area (Å²) in [5.74, 6) is -1.98. The van der Waals surface area contributed by atoms with E-state index in [0.717, 1.165) is 12.8 Å². The zero-order valence-corrected chi connectivity index (χ0v) is 17.1. The van der Waals surface area contributed by atoms with Gasteiger partial charge in [-0.2, -0.15) is 0 Å². The molecule has 0 aromatic heterocycles. The van der Waals surface area contributed by atoms with Crippen LogP contribution in [0.1, 0.15) is 30.0 Å². The summed E-state index contributed by atoms with van der Waals surface area (Å²) in [6, 6.07) is 10.9. The largest absolute Gasteiger partial charge is 0.507 e. The van der Waals surface area contributed by atoms with Crippen molar-refractivity contribution in [3.63, 3.8) is 0 Å². The van der Waals surface area contributed by atoms with E-state index in [4.69, 9.17) is 16.3 Å². The maximum absolute atomic E-state index is 13.0. The molecule has 31 heavy (non-hydrogen) atoms. The van der Waals surface area contributed by atoms with Gasteiger partial charge in [-0.25, -0.2) is 0 Å². The third-order valence-corrected chi connectivity index (χ3v) is 5.73. The van der Waals surface area contributed by atoms with Gasteiger partial charge < -0.3 is 14.7 Å². The van der Waals surface area contributed by atoms with Crippen LogP contribution in [0.2, 0.25) is 5.02 Å². The fraction of sp³-hybridized carbons (Fsp3) is 0.273. The molecular weight excluding hydrogens is 424 g/mol. The molecule has 0 saturated carbocycles. The Morgan fingerprint density at radius 2 is 1.97 bits per heavy atom. The molecule has 2 saturated heterocycles. The number of halogens is 1. The lowest BCUT2D eigenvalue weighted by Crippen LogP contribution is -2.36. The number of carbonyl (C=O) groups is 2. The monoisotopic (exact) mass is 442 g/mol. The van der Waals surface area contributed by atoms with E-state index in [2.05, 4.69) is 0 Å². The number of non-ortho nitro benzene ring substituents is 1. The number of nitrogens with zero attached hydrogens (tertiary/aromatic N) is 2. The number of hydrogen-bond donors (Lipinski definition) is 1. The second kappa shape index (κ2) is 8.49. The Balaban J connectivity index is 1.85. The van der Waals surface area contributed by atoms with Gasteiger partial charge in [-0.15, -0.1) is 0 Å². The molecule has 0 unspecified atom stereocenters. The number of carbonyl (C=O) groups excluding carboxylic acids is 2. The topological polar surface area (TPSA) is 110 Å². The molecule has 0 aliphatic carbocycles. The Labute approximate surface area is 182 Å². The van der Waals surface area contributed by atoms with Crippen LogP contribution < -0.4 is 0 Å². The van der Waals surface area contributed by atoms with Crippen LogP contribution in [0.15, 0.2) is 54.1 Å². The summed E-state index contributed by atoms with van der Waals surface area (Å²) in [6.45, 7) is 0.718. The maximum Gasteiger partial charge on any atom is 0.295 e. The quantitative estimate of drug-likeness (QED) is 0.247. The van der Waals surface area contributed by atoms with E-state index in [1.165, 1.54) is 35.2 Å². The van der Waals surface area contributed by atoms with E-state index in [9.17, 15) is 24.8 Å². The number of amides is 1. The van der Waals surface area contributed by atoms with E-state index < -0.39 is 22.7 Å². The van der Waals surface area contributed by atoms with Crippen LogP contribution in [0, 0.1) is 10.1 Å². The third-order valence-electron chi connectivity index (χ3n) is 5.48. The van der Waals surface area contributed by atoms with E-state index in [0.29, 0.717) is 22.8 Å². The first kappa shape index (κ1) is 21.0. The maximum atomic E-state index is 13.0. The number of aliphatic hydroxyl groups excluding tert-OH is 1. The first-order valence-corrected chi connectivity index (χ1v) is 10.1. The highest BCUT2D eigenvalue weighted by Crippen LogP contribution is 2.40. The molecule has 2 aromatic carbocycles. The molecule has 2 fully saturated rings. The van der Waals surface area contributed by atoms with Crippen LogP contribution in [-0.4, -0.2) is 45.9 Å². The third kappa shape index (κ3) is 4.04. The standard InChI is InChI=1S/C22H19ClN2O6/c23-15-8-6-13(7-9-15)20(26)18-19(14-3-1-4-16(11-14)25(29)30)24(22(28)21(18)27)12-17-5-2-10-31-17/h1,3-4,6-9,11,17,19,26H,2,5,10,12H2/b20-18+/t17-,19+/m0/s1. The number of hydrogen-bond acceptors (Lipinski definition) is 6. The normalized spacial score (nSPS) is 22.8. The van der Waals surface area contributed by atoms with E-state index >= 15 is 0 Å². The van der Waals surface area contributed by atoms with Crippen molar-refractivity contribution in [2.24, 2.45) is 0 Å². The molecule has 0 radical (unpaired) electrons. The summed E-state index contributed by atoms with van der Waals surface area (Å²) >= 11 is 5.91. The van der Waals surface area contributed by atoms with Crippen LogP contribution >= 0.6 is 11.6 Å².